The number of carbonyl (C=O) groups is 1. The van der Waals surface area contributed by atoms with Gasteiger partial charge in [-0.25, -0.2) is 0 Å². The molecule has 4 heteroatoms. The maximum atomic E-state index is 12.6. The summed E-state index contributed by atoms with van der Waals surface area (Å²) in [5, 5.41) is 3.17. The van der Waals surface area contributed by atoms with Crippen molar-refractivity contribution in [2.75, 3.05) is 20.1 Å². The van der Waals surface area contributed by atoms with Crippen LogP contribution in [-0.4, -0.2) is 42.0 Å². The van der Waals surface area contributed by atoms with Gasteiger partial charge in [0.1, 0.15) is 5.69 Å². The average Bonchev–Trinajstić information content (AvgIpc) is 2.45. The van der Waals surface area contributed by atoms with Crippen LogP contribution in [0.3, 0.4) is 0 Å². The van der Waals surface area contributed by atoms with Crippen molar-refractivity contribution in [3.8, 4) is 0 Å². The summed E-state index contributed by atoms with van der Waals surface area (Å²) in [6, 6.07) is 4.18. The van der Waals surface area contributed by atoms with Crippen LogP contribution in [0.1, 0.15) is 41.7 Å². The molecule has 0 aliphatic carbocycles. The summed E-state index contributed by atoms with van der Waals surface area (Å²) in [5.41, 5.74) is 1.57. The number of aromatic nitrogens is 1. The number of pyridine rings is 1. The average molecular weight is 261 g/mol. The van der Waals surface area contributed by atoms with Gasteiger partial charge in [0.25, 0.3) is 5.91 Å². The highest BCUT2D eigenvalue weighted by Crippen LogP contribution is 2.22. The molecule has 1 unspecified atom stereocenters. The van der Waals surface area contributed by atoms with E-state index in [1.807, 2.05) is 31.0 Å². The number of aryl methyl sites for hydroxylation is 1. The van der Waals surface area contributed by atoms with Gasteiger partial charge in [0, 0.05) is 18.8 Å². The third-order valence-electron chi connectivity index (χ3n) is 3.83. The van der Waals surface area contributed by atoms with Crippen LogP contribution in [0.15, 0.2) is 18.3 Å². The SMILES string of the molecule is CNCCC1CCCCN1C(=O)c1ncccc1C. The maximum absolute atomic E-state index is 12.6. The predicted octanol–water partition coefficient (Wildman–Crippen LogP) is 1.99. The van der Waals surface area contributed by atoms with Gasteiger partial charge in [0.15, 0.2) is 0 Å². The summed E-state index contributed by atoms with van der Waals surface area (Å²) < 4.78 is 0. The Morgan fingerprint density at radius 2 is 2.37 bits per heavy atom. The van der Waals surface area contributed by atoms with E-state index in [1.165, 1.54) is 6.42 Å². The Kier molecular flexibility index (Phi) is 4.91. The molecule has 0 radical (unpaired) electrons. The molecule has 2 rings (SSSR count). The van der Waals surface area contributed by atoms with Crippen LogP contribution in [0.2, 0.25) is 0 Å². The molecule has 1 aromatic rings. The number of nitrogens with one attached hydrogen (secondary N) is 1. The standard InChI is InChI=1S/C15H23N3O/c1-12-6-5-9-17-14(12)15(19)18-11-4-3-7-13(18)8-10-16-2/h5-6,9,13,16H,3-4,7-8,10-11H2,1-2H3. The van der Waals surface area contributed by atoms with Crippen molar-refractivity contribution in [2.45, 2.75) is 38.6 Å². The summed E-state index contributed by atoms with van der Waals surface area (Å²) in [6.45, 7) is 3.77. The van der Waals surface area contributed by atoms with Crippen molar-refractivity contribution >= 4 is 5.91 Å². The summed E-state index contributed by atoms with van der Waals surface area (Å²) >= 11 is 0. The van der Waals surface area contributed by atoms with E-state index < -0.39 is 0 Å². The molecule has 104 valence electrons. The lowest BCUT2D eigenvalue weighted by Gasteiger charge is -2.36. The van der Waals surface area contributed by atoms with Crippen LogP contribution < -0.4 is 5.32 Å². The van der Waals surface area contributed by atoms with E-state index in [-0.39, 0.29) is 5.91 Å². The monoisotopic (exact) mass is 261 g/mol. The summed E-state index contributed by atoms with van der Waals surface area (Å²) in [7, 11) is 1.96. The summed E-state index contributed by atoms with van der Waals surface area (Å²) in [4.78, 5) is 18.9. The molecule has 1 aliphatic heterocycles. The Morgan fingerprint density at radius 1 is 1.53 bits per heavy atom. The van der Waals surface area contributed by atoms with Gasteiger partial charge >= 0.3 is 0 Å². The zero-order chi connectivity index (χ0) is 13.7. The number of piperidine rings is 1. The Labute approximate surface area is 115 Å². The normalized spacial score (nSPS) is 19.5. The van der Waals surface area contributed by atoms with E-state index >= 15 is 0 Å². The fourth-order valence-electron chi connectivity index (χ4n) is 2.72. The minimum absolute atomic E-state index is 0.0962. The van der Waals surface area contributed by atoms with Gasteiger partial charge in [-0.2, -0.15) is 0 Å². The lowest BCUT2D eigenvalue weighted by atomic mass is 9.98. The molecular formula is C15H23N3O. The van der Waals surface area contributed by atoms with Gasteiger partial charge in [-0.05, 0) is 57.8 Å². The Morgan fingerprint density at radius 3 is 3.11 bits per heavy atom. The highest BCUT2D eigenvalue weighted by atomic mass is 16.2. The Balaban J connectivity index is 2.13. The van der Waals surface area contributed by atoms with Crippen molar-refractivity contribution in [1.29, 1.82) is 0 Å². The van der Waals surface area contributed by atoms with Gasteiger partial charge in [-0.1, -0.05) is 6.07 Å². The van der Waals surface area contributed by atoms with Crippen LogP contribution in [0.4, 0.5) is 0 Å². The zero-order valence-electron chi connectivity index (χ0n) is 11.9. The molecule has 1 aliphatic rings. The van der Waals surface area contributed by atoms with E-state index in [0.29, 0.717) is 11.7 Å². The Hall–Kier alpha value is -1.42. The smallest absolute Gasteiger partial charge is 0.272 e. The van der Waals surface area contributed by atoms with E-state index in [1.54, 1.807) is 6.20 Å². The second-order valence-corrected chi connectivity index (χ2v) is 5.21. The molecular weight excluding hydrogens is 238 g/mol. The van der Waals surface area contributed by atoms with Crippen molar-refractivity contribution in [3.63, 3.8) is 0 Å². The highest BCUT2D eigenvalue weighted by molar-refractivity contribution is 5.93. The highest BCUT2D eigenvalue weighted by Gasteiger charge is 2.28. The number of hydrogen-bond donors (Lipinski definition) is 1. The van der Waals surface area contributed by atoms with Crippen molar-refractivity contribution in [1.82, 2.24) is 15.2 Å². The van der Waals surface area contributed by atoms with Crippen molar-refractivity contribution < 1.29 is 4.79 Å². The molecule has 1 fully saturated rings. The zero-order valence-corrected chi connectivity index (χ0v) is 11.9. The number of amides is 1. The third-order valence-corrected chi connectivity index (χ3v) is 3.83. The number of likely N-dealkylation sites (tertiary alicyclic amines) is 1. The number of carbonyl (C=O) groups excluding carboxylic acids is 1. The van der Waals surface area contributed by atoms with Crippen molar-refractivity contribution in [3.05, 3.63) is 29.6 Å². The van der Waals surface area contributed by atoms with E-state index in [2.05, 4.69) is 10.3 Å². The molecule has 0 spiro atoms. The number of nitrogens with zero attached hydrogens (tertiary/aromatic N) is 2. The van der Waals surface area contributed by atoms with E-state index in [9.17, 15) is 4.79 Å². The molecule has 0 aromatic carbocycles. The van der Waals surface area contributed by atoms with Gasteiger partial charge < -0.3 is 10.2 Å². The van der Waals surface area contributed by atoms with Crippen LogP contribution >= 0.6 is 0 Å². The summed E-state index contributed by atoms with van der Waals surface area (Å²) in [6.07, 6.45) is 6.16. The second-order valence-electron chi connectivity index (χ2n) is 5.21. The first-order valence-electron chi connectivity index (χ1n) is 7.11. The third kappa shape index (κ3) is 3.32. The second kappa shape index (κ2) is 6.66. The van der Waals surface area contributed by atoms with Gasteiger partial charge in [0.05, 0.1) is 0 Å². The van der Waals surface area contributed by atoms with E-state index in [0.717, 1.165) is 37.9 Å². The fraction of sp³-hybridized carbons (Fsp3) is 0.600. The summed E-state index contributed by atoms with van der Waals surface area (Å²) in [5.74, 6) is 0.0962. The van der Waals surface area contributed by atoms with Gasteiger partial charge in [-0.3, -0.25) is 9.78 Å². The van der Waals surface area contributed by atoms with E-state index in [4.69, 9.17) is 0 Å². The largest absolute Gasteiger partial charge is 0.334 e. The molecule has 1 N–H and O–H groups in total. The van der Waals surface area contributed by atoms with Crippen LogP contribution in [-0.2, 0) is 0 Å². The Bertz CT molecular complexity index is 433. The first-order valence-corrected chi connectivity index (χ1v) is 7.11. The minimum atomic E-state index is 0.0962. The topological polar surface area (TPSA) is 45.2 Å². The molecule has 1 atom stereocenters. The van der Waals surface area contributed by atoms with Crippen LogP contribution in [0.5, 0.6) is 0 Å². The minimum Gasteiger partial charge on any atom is -0.334 e. The number of rotatable bonds is 4. The quantitative estimate of drug-likeness (QED) is 0.901. The molecule has 0 saturated carbocycles. The van der Waals surface area contributed by atoms with Gasteiger partial charge in [0.2, 0.25) is 0 Å². The molecule has 19 heavy (non-hydrogen) atoms. The molecule has 1 amide bonds. The molecule has 1 saturated heterocycles. The maximum Gasteiger partial charge on any atom is 0.272 e. The van der Waals surface area contributed by atoms with Crippen LogP contribution in [0.25, 0.3) is 0 Å². The molecule has 4 nitrogen and oxygen atoms in total. The molecule has 1 aromatic heterocycles. The fourth-order valence-corrected chi connectivity index (χ4v) is 2.72. The first-order chi connectivity index (χ1) is 9.24. The van der Waals surface area contributed by atoms with Crippen LogP contribution in [0, 0.1) is 6.92 Å². The predicted molar refractivity (Wildman–Crippen MR) is 76.2 cm³/mol. The molecule has 0 bridgehead atoms. The lowest BCUT2D eigenvalue weighted by molar-refractivity contribution is 0.0595. The number of hydrogen-bond acceptors (Lipinski definition) is 3. The molecule has 2 heterocycles. The first kappa shape index (κ1) is 14.0. The van der Waals surface area contributed by atoms with Gasteiger partial charge in [-0.15, -0.1) is 0 Å². The lowest BCUT2D eigenvalue weighted by Crippen LogP contribution is -2.45. The van der Waals surface area contributed by atoms with Crippen molar-refractivity contribution in [2.24, 2.45) is 0 Å².